The Balaban J connectivity index is 1.57. The molecule has 0 unspecified atom stereocenters. The van der Waals surface area contributed by atoms with Crippen LogP contribution < -0.4 is 20.8 Å². The third-order valence-electron chi connectivity index (χ3n) is 7.34. The second kappa shape index (κ2) is 13.0. The number of nitrogens with one attached hydrogen (secondary N) is 2. The van der Waals surface area contributed by atoms with E-state index in [4.69, 9.17) is 9.47 Å². The summed E-state index contributed by atoms with van der Waals surface area (Å²) >= 11 is 0. The van der Waals surface area contributed by atoms with Crippen molar-refractivity contribution in [1.29, 1.82) is 0 Å². The summed E-state index contributed by atoms with van der Waals surface area (Å²) in [6.45, 7) is -0.667. The van der Waals surface area contributed by atoms with Crippen molar-refractivity contribution in [3.05, 3.63) is 128 Å². The number of carbonyl (C=O) groups excluding carboxylic acids is 2. The molecule has 2 N–H and O–H groups in total. The topological polar surface area (TPSA) is 98.7 Å². The van der Waals surface area contributed by atoms with Gasteiger partial charge in [0.05, 0.1) is 13.2 Å². The van der Waals surface area contributed by atoms with Gasteiger partial charge in [0.15, 0.2) is 11.4 Å². The van der Waals surface area contributed by atoms with E-state index in [1.165, 1.54) is 10.6 Å². The van der Waals surface area contributed by atoms with Gasteiger partial charge in [-0.2, -0.15) is 0 Å². The van der Waals surface area contributed by atoms with Crippen molar-refractivity contribution in [3.63, 3.8) is 0 Å². The van der Waals surface area contributed by atoms with Gasteiger partial charge >= 0.3 is 5.97 Å². The van der Waals surface area contributed by atoms with Crippen molar-refractivity contribution in [2.24, 2.45) is 0 Å². The third-order valence-corrected chi connectivity index (χ3v) is 7.34. The fourth-order valence-electron chi connectivity index (χ4n) is 5.08. The highest BCUT2D eigenvalue weighted by Gasteiger charge is 2.31. The van der Waals surface area contributed by atoms with Gasteiger partial charge in [-0.25, -0.2) is 22.4 Å². The number of fused-ring (bicyclic) bond motifs is 1. The van der Waals surface area contributed by atoms with Crippen molar-refractivity contribution in [1.82, 2.24) is 9.88 Å². The first-order chi connectivity index (χ1) is 21.2. The lowest BCUT2D eigenvalue weighted by atomic mass is 10.0. The summed E-state index contributed by atoms with van der Waals surface area (Å²) in [6.07, 6.45) is 1.70. The van der Waals surface area contributed by atoms with E-state index < -0.39 is 70.0 Å². The summed E-state index contributed by atoms with van der Waals surface area (Å²) in [5, 5.41) is 5.45. The number of hydrogen-bond acceptors (Lipinski definition) is 6. The van der Waals surface area contributed by atoms with Gasteiger partial charge in [0.25, 0.3) is 5.91 Å². The van der Waals surface area contributed by atoms with Gasteiger partial charge in [-0.15, -0.1) is 0 Å². The minimum atomic E-state index is -1.22. The molecule has 0 aliphatic carbocycles. The molecule has 44 heavy (non-hydrogen) atoms. The van der Waals surface area contributed by atoms with Crippen LogP contribution in [0.5, 0.6) is 5.75 Å². The Labute approximate surface area is 249 Å². The van der Waals surface area contributed by atoms with E-state index in [2.05, 4.69) is 10.6 Å². The number of methoxy groups -OCH3 is 1. The zero-order valence-corrected chi connectivity index (χ0v) is 23.5. The molecule has 0 saturated heterocycles. The first-order valence-electron chi connectivity index (χ1n) is 13.6. The van der Waals surface area contributed by atoms with Crippen LogP contribution in [0.3, 0.4) is 0 Å². The molecule has 2 heterocycles. The average molecular weight is 610 g/mol. The summed E-state index contributed by atoms with van der Waals surface area (Å²) in [6, 6.07) is 13.7. The maximum atomic E-state index is 14.6. The summed E-state index contributed by atoms with van der Waals surface area (Å²) in [5.74, 6) is -6.38. The van der Waals surface area contributed by atoms with E-state index in [0.29, 0.717) is 35.4 Å². The highest BCUT2D eigenvalue weighted by Crippen LogP contribution is 2.31. The van der Waals surface area contributed by atoms with Crippen molar-refractivity contribution >= 4 is 17.6 Å². The van der Waals surface area contributed by atoms with Gasteiger partial charge in [0.1, 0.15) is 35.4 Å². The van der Waals surface area contributed by atoms with Gasteiger partial charge in [0.2, 0.25) is 5.43 Å². The molecule has 8 nitrogen and oxygen atoms in total. The number of rotatable bonds is 8. The average Bonchev–Trinajstić information content (AvgIpc) is 3.23. The predicted molar refractivity (Wildman–Crippen MR) is 153 cm³/mol. The fraction of sp³-hybridized carbons (Fsp3) is 0.219. The van der Waals surface area contributed by atoms with Gasteiger partial charge in [-0.05, 0) is 30.5 Å². The van der Waals surface area contributed by atoms with Crippen LogP contribution >= 0.6 is 0 Å². The molecule has 4 aromatic rings. The lowest BCUT2D eigenvalue weighted by molar-refractivity contribution is 0.0576. The number of pyridine rings is 1. The maximum Gasteiger partial charge on any atom is 0.358 e. The minimum Gasteiger partial charge on any atom is -0.482 e. The number of anilines is 1. The summed E-state index contributed by atoms with van der Waals surface area (Å²) < 4.78 is 68.7. The normalized spacial score (nSPS) is 14.2. The van der Waals surface area contributed by atoms with Gasteiger partial charge in [-0.3, -0.25) is 9.59 Å². The lowest BCUT2D eigenvalue weighted by Crippen LogP contribution is -2.34. The molecule has 5 rings (SSSR count). The molecule has 0 spiro atoms. The van der Waals surface area contributed by atoms with E-state index in [9.17, 15) is 31.9 Å². The predicted octanol–water partition coefficient (Wildman–Crippen LogP) is 5.30. The first kappa shape index (κ1) is 30.3. The van der Waals surface area contributed by atoms with Crippen molar-refractivity contribution in [2.45, 2.75) is 32.0 Å². The number of amides is 1. The van der Waals surface area contributed by atoms with E-state index in [0.717, 1.165) is 13.3 Å². The summed E-state index contributed by atoms with van der Waals surface area (Å²) in [5.41, 5.74) is -0.665. The number of carbonyl (C=O) groups is 2. The Morgan fingerprint density at radius 3 is 2.43 bits per heavy atom. The fourth-order valence-corrected chi connectivity index (χ4v) is 5.08. The van der Waals surface area contributed by atoms with Crippen LogP contribution in [0, 0.1) is 23.3 Å². The van der Waals surface area contributed by atoms with Crippen molar-refractivity contribution in [2.75, 3.05) is 19.0 Å². The molecule has 0 saturated carbocycles. The van der Waals surface area contributed by atoms with Gasteiger partial charge < -0.3 is 24.7 Å². The number of nitrogens with zero attached hydrogens (tertiary/aromatic N) is 1. The van der Waals surface area contributed by atoms with Crippen LogP contribution in [-0.2, 0) is 24.3 Å². The zero-order valence-electron chi connectivity index (χ0n) is 23.5. The molecule has 1 atom stereocenters. The third kappa shape index (κ3) is 6.29. The quantitative estimate of drug-likeness (QED) is 0.208. The number of aromatic nitrogens is 1. The van der Waals surface area contributed by atoms with Crippen LogP contribution in [0.1, 0.15) is 50.0 Å². The number of benzene rings is 3. The number of esters is 1. The number of hydrogen-bond donors (Lipinski definition) is 2. The molecule has 0 radical (unpaired) electrons. The second-order valence-electron chi connectivity index (χ2n) is 10.1. The lowest BCUT2D eigenvalue weighted by Gasteiger charge is -2.25. The van der Waals surface area contributed by atoms with E-state index in [1.54, 1.807) is 42.5 Å². The smallest absolute Gasteiger partial charge is 0.358 e. The number of halogens is 4. The summed E-state index contributed by atoms with van der Waals surface area (Å²) in [4.78, 5) is 40.2. The highest BCUT2D eigenvalue weighted by molar-refractivity contribution is 5.97. The highest BCUT2D eigenvalue weighted by atomic mass is 19.1. The summed E-state index contributed by atoms with van der Waals surface area (Å²) in [7, 11) is 1.13. The van der Waals surface area contributed by atoms with E-state index in [-0.39, 0.29) is 25.3 Å². The number of ether oxygens (including phenoxy) is 2. The second-order valence-corrected chi connectivity index (χ2v) is 10.1. The monoisotopic (exact) mass is 609 g/mol. The molecule has 1 aromatic heterocycles. The first-order valence-corrected chi connectivity index (χ1v) is 13.6. The molecule has 0 fully saturated rings. The van der Waals surface area contributed by atoms with E-state index in [1.807, 2.05) is 0 Å². The van der Waals surface area contributed by atoms with Gasteiger partial charge in [0, 0.05) is 48.2 Å². The Hall–Kier alpha value is -5.13. The van der Waals surface area contributed by atoms with Crippen LogP contribution in [0.2, 0.25) is 0 Å². The Morgan fingerprint density at radius 2 is 1.73 bits per heavy atom. The van der Waals surface area contributed by atoms with Crippen LogP contribution in [0.25, 0.3) is 0 Å². The molecular formula is C32H27F4N3O5. The maximum absolute atomic E-state index is 14.6. The largest absolute Gasteiger partial charge is 0.482 e. The van der Waals surface area contributed by atoms with Crippen molar-refractivity contribution < 1.29 is 36.6 Å². The minimum absolute atomic E-state index is 0.142. The molecule has 1 amide bonds. The Morgan fingerprint density at radius 1 is 1.00 bits per heavy atom. The molecule has 228 valence electrons. The van der Waals surface area contributed by atoms with Crippen molar-refractivity contribution in [3.8, 4) is 5.75 Å². The van der Waals surface area contributed by atoms with Crippen LogP contribution in [0.15, 0.2) is 71.7 Å². The zero-order chi connectivity index (χ0) is 31.4. The molecule has 12 heteroatoms. The molecular weight excluding hydrogens is 582 g/mol. The molecule has 3 aromatic carbocycles. The SMILES string of the molecule is COC(=O)c1c(OCc2ccccc2)c(=O)c(C(=O)NCc2c(F)cc(F)cc2F)cn1[C@H]1CCc2c(F)cccc2NC1. The van der Waals surface area contributed by atoms with Gasteiger partial charge in [-0.1, -0.05) is 36.4 Å². The molecule has 1 aliphatic rings. The van der Waals surface area contributed by atoms with Crippen LogP contribution in [-0.4, -0.2) is 30.1 Å². The van der Waals surface area contributed by atoms with Crippen LogP contribution in [0.4, 0.5) is 23.2 Å². The molecule has 0 bridgehead atoms. The molecule has 1 aliphatic heterocycles. The van der Waals surface area contributed by atoms with E-state index >= 15 is 0 Å². The standard InChI is InChI=1S/C32H27F4N3O5/c1-43-32(42)28-30(44-17-18-6-3-2-4-7-18)29(40)23(31(41)38-15-22-25(35)12-19(33)13-26(22)36)16-39(28)20-10-11-21-24(34)8-5-9-27(21)37-14-20/h2-9,12-13,16,20,37H,10-11,14-15,17H2,1H3,(H,38,41)/t20-/m0/s1. The Bertz CT molecular complexity index is 1760. The Kier molecular flexibility index (Phi) is 8.98.